The molecule has 1 aliphatic heterocycles. The van der Waals surface area contributed by atoms with E-state index in [1.165, 1.54) is 5.56 Å². The van der Waals surface area contributed by atoms with Crippen molar-refractivity contribution in [3.63, 3.8) is 0 Å². The zero-order chi connectivity index (χ0) is 18.8. The van der Waals surface area contributed by atoms with E-state index in [0.717, 1.165) is 28.7 Å². The summed E-state index contributed by atoms with van der Waals surface area (Å²) < 4.78 is 16.5. The quantitative estimate of drug-likeness (QED) is 0.656. The van der Waals surface area contributed by atoms with Crippen molar-refractivity contribution in [3.05, 3.63) is 65.4 Å². The molecule has 0 radical (unpaired) electrons. The zero-order valence-corrected chi connectivity index (χ0v) is 15.4. The van der Waals surface area contributed by atoms with Crippen molar-refractivity contribution in [1.29, 1.82) is 0 Å². The van der Waals surface area contributed by atoms with Crippen LogP contribution in [-0.4, -0.2) is 31.6 Å². The zero-order valence-electron chi connectivity index (χ0n) is 15.4. The monoisotopic (exact) mass is 363 g/mol. The predicted octanol–water partition coefficient (Wildman–Crippen LogP) is 4.05. The number of hydrogen-bond acceptors (Lipinski definition) is 4. The second-order valence-corrected chi connectivity index (χ2v) is 6.51. The van der Waals surface area contributed by atoms with Crippen LogP contribution in [0.3, 0.4) is 0 Å². The number of fused-ring (bicyclic) bond motifs is 2. The Morgan fingerprint density at radius 2 is 1.81 bits per heavy atom. The first-order chi connectivity index (χ1) is 13.2. The van der Waals surface area contributed by atoms with Crippen molar-refractivity contribution < 1.29 is 18.7 Å². The number of rotatable bonds is 4. The third-order valence-corrected chi connectivity index (χ3v) is 4.86. The molecule has 5 nitrogen and oxygen atoms in total. The molecule has 0 unspecified atom stereocenters. The van der Waals surface area contributed by atoms with Crippen molar-refractivity contribution in [1.82, 2.24) is 4.90 Å². The molecule has 1 aliphatic rings. The van der Waals surface area contributed by atoms with E-state index >= 15 is 0 Å². The van der Waals surface area contributed by atoms with Gasteiger partial charge in [0.2, 0.25) is 5.91 Å². The second-order valence-electron chi connectivity index (χ2n) is 6.51. The molecule has 1 aromatic heterocycles. The van der Waals surface area contributed by atoms with E-state index in [1.54, 1.807) is 26.4 Å². The Morgan fingerprint density at radius 3 is 2.56 bits per heavy atom. The third-order valence-electron chi connectivity index (χ3n) is 4.86. The lowest BCUT2D eigenvalue weighted by atomic mass is 9.98. The number of amides is 1. The number of methoxy groups -OCH3 is 2. The molecular weight excluding hydrogens is 342 g/mol. The molecule has 1 amide bonds. The minimum atomic E-state index is -0.0316. The van der Waals surface area contributed by atoms with Gasteiger partial charge >= 0.3 is 0 Å². The van der Waals surface area contributed by atoms with E-state index in [0.29, 0.717) is 24.6 Å². The van der Waals surface area contributed by atoms with Gasteiger partial charge in [0.1, 0.15) is 11.3 Å². The molecule has 27 heavy (non-hydrogen) atoms. The lowest BCUT2D eigenvalue weighted by molar-refractivity contribution is -0.126. The van der Waals surface area contributed by atoms with Gasteiger partial charge in [0, 0.05) is 24.6 Å². The topological polar surface area (TPSA) is 51.9 Å². The van der Waals surface area contributed by atoms with Crippen LogP contribution >= 0.6 is 0 Å². The van der Waals surface area contributed by atoms with E-state index in [9.17, 15) is 4.79 Å². The molecule has 0 spiro atoms. The Kier molecular flexibility index (Phi) is 4.59. The van der Waals surface area contributed by atoms with Crippen LogP contribution in [0.1, 0.15) is 16.9 Å². The van der Waals surface area contributed by atoms with Gasteiger partial charge in [-0.25, -0.2) is 0 Å². The molecule has 0 bridgehead atoms. The molecule has 0 atom stereocenters. The maximum Gasteiger partial charge on any atom is 0.246 e. The first-order valence-corrected chi connectivity index (χ1v) is 8.87. The molecule has 0 fully saturated rings. The highest BCUT2D eigenvalue weighted by atomic mass is 16.5. The van der Waals surface area contributed by atoms with Crippen molar-refractivity contribution in [2.24, 2.45) is 0 Å². The van der Waals surface area contributed by atoms with E-state index in [2.05, 4.69) is 0 Å². The number of hydrogen-bond donors (Lipinski definition) is 0. The highest BCUT2D eigenvalue weighted by Crippen LogP contribution is 2.33. The van der Waals surface area contributed by atoms with Gasteiger partial charge < -0.3 is 18.8 Å². The molecule has 138 valence electrons. The minimum absolute atomic E-state index is 0.0316. The number of furan rings is 1. The summed E-state index contributed by atoms with van der Waals surface area (Å²) in [5.41, 5.74) is 3.10. The number of ether oxygens (including phenoxy) is 2. The molecule has 4 rings (SSSR count). The number of benzene rings is 2. The number of carbonyl (C=O) groups excluding carboxylic acids is 1. The Labute approximate surface area is 157 Å². The van der Waals surface area contributed by atoms with Crippen molar-refractivity contribution in [3.8, 4) is 11.5 Å². The summed E-state index contributed by atoms with van der Waals surface area (Å²) in [6.45, 7) is 1.23. The third kappa shape index (κ3) is 3.40. The smallest absolute Gasteiger partial charge is 0.246 e. The van der Waals surface area contributed by atoms with Gasteiger partial charge in [0.05, 0.1) is 14.2 Å². The molecule has 2 heterocycles. The Morgan fingerprint density at radius 1 is 1.07 bits per heavy atom. The van der Waals surface area contributed by atoms with Gasteiger partial charge in [-0.2, -0.15) is 0 Å². The summed E-state index contributed by atoms with van der Waals surface area (Å²) in [5.74, 6) is 2.05. The van der Waals surface area contributed by atoms with Gasteiger partial charge in [-0.05, 0) is 47.9 Å². The first kappa shape index (κ1) is 17.2. The average molecular weight is 363 g/mol. The summed E-state index contributed by atoms with van der Waals surface area (Å²) in [6.07, 6.45) is 4.09. The minimum Gasteiger partial charge on any atom is -0.493 e. The van der Waals surface area contributed by atoms with Crippen LogP contribution in [0.4, 0.5) is 0 Å². The van der Waals surface area contributed by atoms with E-state index in [1.807, 2.05) is 47.4 Å². The molecular formula is C22H21NO4. The summed E-state index contributed by atoms with van der Waals surface area (Å²) in [4.78, 5) is 14.4. The van der Waals surface area contributed by atoms with Crippen LogP contribution in [0.2, 0.25) is 0 Å². The second kappa shape index (κ2) is 7.19. The Balaban J connectivity index is 1.50. The van der Waals surface area contributed by atoms with Gasteiger partial charge in [0.15, 0.2) is 11.5 Å². The molecule has 3 aromatic rings. The summed E-state index contributed by atoms with van der Waals surface area (Å²) in [7, 11) is 3.25. The lowest BCUT2D eigenvalue weighted by Gasteiger charge is -2.28. The van der Waals surface area contributed by atoms with Crippen LogP contribution in [0.5, 0.6) is 11.5 Å². The van der Waals surface area contributed by atoms with Crippen LogP contribution in [0, 0.1) is 0 Å². The van der Waals surface area contributed by atoms with Crippen LogP contribution in [0.15, 0.2) is 53.0 Å². The SMILES string of the molecule is COc1cc2c(cc1OC)CN(C(=O)/C=C/c1cc3ccccc3o1)CC2. The van der Waals surface area contributed by atoms with E-state index in [-0.39, 0.29) is 5.91 Å². The van der Waals surface area contributed by atoms with Crippen molar-refractivity contribution in [2.75, 3.05) is 20.8 Å². The van der Waals surface area contributed by atoms with Gasteiger partial charge in [-0.15, -0.1) is 0 Å². The maximum absolute atomic E-state index is 12.6. The number of para-hydroxylation sites is 1. The fourth-order valence-corrected chi connectivity index (χ4v) is 3.41. The van der Waals surface area contributed by atoms with Crippen molar-refractivity contribution >= 4 is 23.0 Å². The largest absolute Gasteiger partial charge is 0.493 e. The van der Waals surface area contributed by atoms with Crippen LogP contribution in [0.25, 0.3) is 17.0 Å². The summed E-state index contributed by atoms with van der Waals surface area (Å²) in [6, 6.07) is 13.7. The molecule has 0 aliphatic carbocycles. The van der Waals surface area contributed by atoms with Crippen LogP contribution < -0.4 is 9.47 Å². The normalized spacial score (nSPS) is 13.8. The van der Waals surface area contributed by atoms with Gasteiger partial charge in [0.25, 0.3) is 0 Å². The standard InChI is InChI=1S/C22H21NO4/c1-25-20-12-15-9-10-23(14-17(15)13-21(20)26-2)22(24)8-7-18-11-16-5-3-4-6-19(16)27-18/h3-8,11-13H,9-10,14H2,1-2H3/b8-7+. The lowest BCUT2D eigenvalue weighted by Crippen LogP contribution is -2.34. The van der Waals surface area contributed by atoms with E-state index in [4.69, 9.17) is 13.9 Å². The summed E-state index contributed by atoms with van der Waals surface area (Å²) >= 11 is 0. The fourth-order valence-electron chi connectivity index (χ4n) is 3.41. The average Bonchev–Trinajstić information content (AvgIpc) is 3.13. The molecule has 2 aromatic carbocycles. The van der Waals surface area contributed by atoms with Crippen molar-refractivity contribution in [2.45, 2.75) is 13.0 Å². The number of carbonyl (C=O) groups is 1. The maximum atomic E-state index is 12.6. The van der Waals surface area contributed by atoms with Gasteiger partial charge in [-0.3, -0.25) is 4.79 Å². The fraction of sp³-hybridized carbons (Fsp3) is 0.227. The highest BCUT2D eigenvalue weighted by molar-refractivity contribution is 5.92. The predicted molar refractivity (Wildman–Crippen MR) is 104 cm³/mol. The van der Waals surface area contributed by atoms with Crippen LogP contribution in [-0.2, 0) is 17.8 Å². The Hall–Kier alpha value is -3.21. The molecule has 5 heteroatoms. The number of nitrogens with zero attached hydrogens (tertiary/aromatic N) is 1. The Bertz CT molecular complexity index is 985. The molecule has 0 N–H and O–H groups in total. The first-order valence-electron chi connectivity index (χ1n) is 8.87. The molecule has 0 saturated heterocycles. The van der Waals surface area contributed by atoms with Gasteiger partial charge in [-0.1, -0.05) is 18.2 Å². The van der Waals surface area contributed by atoms with E-state index < -0.39 is 0 Å². The molecule has 0 saturated carbocycles. The summed E-state index contributed by atoms with van der Waals surface area (Å²) in [5, 5.41) is 1.03. The highest BCUT2D eigenvalue weighted by Gasteiger charge is 2.21.